The minimum atomic E-state index is -0.826. The van der Waals surface area contributed by atoms with Crippen LogP contribution in [0.15, 0.2) is 48.7 Å². The highest BCUT2D eigenvalue weighted by atomic mass is 16.5. The van der Waals surface area contributed by atoms with Gasteiger partial charge < -0.3 is 14.7 Å². The monoisotopic (exact) mass is 367 g/mol. The Balaban J connectivity index is 1.43. The molecule has 1 aromatic heterocycles. The van der Waals surface area contributed by atoms with Crippen LogP contribution in [0.4, 0.5) is 4.79 Å². The predicted molar refractivity (Wildman–Crippen MR) is 105 cm³/mol. The summed E-state index contributed by atoms with van der Waals surface area (Å²) in [6.07, 6.45) is 4.93. The lowest BCUT2D eigenvalue weighted by Crippen LogP contribution is -2.47. The number of amides is 1. The summed E-state index contributed by atoms with van der Waals surface area (Å²) in [5.41, 5.74) is 3.33. The first-order chi connectivity index (χ1) is 13.1. The fraction of sp³-hybridized carbons (Fsp3) is 0.333. The van der Waals surface area contributed by atoms with Gasteiger partial charge in [0.2, 0.25) is 0 Å². The first kappa shape index (κ1) is 18.9. The molecular formula is C21H25N3O3. The number of hydrogen-bond donors (Lipinski definition) is 1. The number of hydrogen-bond acceptors (Lipinski definition) is 4. The van der Waals surface area contributed by atoms with Crippen molar-refractivity contribution >= 4 is 12.2 Å². The van der Waals surface area contributed by atoms with Gasteiger partial charge in [0.1, 0.15) is 12.4 Å². The standard InChI is InChI=1S/C21H25N3O3/c1-17-4-9-20(15-22-17)27-14-2-3-18-5-7-19(8-6-18)16-23-10-12-24(13-11-23)21(25)26/h2-9,15H,10-14,16H2,1H3,(H,25,26)/b3-2+. The number of nitrogens with zero attached hydrogens (tertiary/aromatic N) is 3. The van der Waals surface area contributed by atoms with Crippen molar-refractivity contribution in [2.45, 2.75) is 13.5 Å². The van der Waals surface area contributed by atoms with Crippen LogP contribution in [0.2, 0.25) is 0 Å². The topological polar surface area (TPSA) is 65.9 Å². The van der Waals surface area contributed by atoms with E-state index in [9.17, 15) is 4.79 Å². The Bertz CT molecular complexity index is 764. The van der Waals surface area contributed by atoms with Gasteiger partial charge in [0.05, 0.1) is 6.20 Å². The van der Waals surface area contributed by atoms with Gasteiger partial charge in [0, 0.05) is 38.4 Å². The molecule has 1 aliphatic rings. The molecule has 1 amide bonds. The van der Waals surface area contributed by atoms with Crippen LogP contribution < -0.4 is 4.74 Å². The van der Waals surface area contributed by atoms with Gasteiger partial charge in [0.15, 0.2) is 0 Å². The molecule has 0 bridgehead atoms. The molecule has 1 aliphatic heterocycles. The molecule has 0 aliphatic carbocycles. The predicted octanol–water partition coefficient (Wildman–Crippen LogP) is 3.28. The van der Waals surface area contributed by atoms with Crippen molar-refractivity contribution < 1.29 is 14.6 Å². The number of carboxylic acid groups (broad SMARTS) is 1. The fourth-order valence-electron chi connectivity index (χ4n) is 2.96. The van der Waals surface area contributed by atoms with E-state index in [1.807, 2.05) is 31.2 Å². The van der Waals surface area contributed by atoms with Gasteiger partial charge in [-0.05, 0) is 36.3 Å². The molecule has 1 aromatic carbocycles. The number of benzene rings is 1. The second-order valence-corrected chi connectivity index (χ2v) is 6.64. The second kappa shape index (κ2) is 9.19. The third kappa shape index (κ3) is 5.82. The summed E-state index contributed by atoms with van der Waals surface area (Å²) in [5, 5.41) is 9.00. The number of carbonyl (C=O) groups is 1. The van der Waals surface area contributed by atoms with Gasteiger partial charge in [-0.2, -0.15) is 0 Å². The van der Waals surface area contributed by atoms with Crippen LogP contribution in [0.1, 0.15) is 16.8 Å². The summed E-state index contributed by atoms with van der Waals surface area (Å²) in [4.78, 5) is 18.9. The Labute approximate surface area is 159 Å². The lowest BCUT2D eigenvalue weighted by atomic mass is 10.1. The Morgan fingerprint density at radius 2 is 1.89 bits per heavy atom. The Morgan fingerprint density at radius 1 is 1.15 bits per heavy atom. The Kier molecular flexibility index (Phi) is 6.44. The molecule has 0 spiro atoms. The van der Waals surface area contributed by atoms with Crippen LogP contribution in [-0.2, 0) is 6.54 Å². The third-order valence-electron chi connectivity index (χ3n) is 4.57. The summed E-state index contributed by atoms with van der Waals surface area (Å²) in [6, 6.07) is 12.3. The second-order valence-electron chi connectivity index (χ2n) is 6.64. The molecule has 6 heteroatoms. The maximum atomic E-state index is 10.9. The third-order valence-corrected chi connectivity index (χ3v) is 4.57. The molecule has 1 N–H and O–H groups in total. The van der Waals surface area contributed by atoms with Crippen LogP contribution in [0.25, 0.3) is 6.08 Å². The minimum Gasteiger partial charge on any atom is -0.488 e. The van der Waals surface area contributed by atoms with Crippen molar-refractivity contribution in [1.82, 2.24) is 14.8 Å². The van der Waals surface area contributed by atoms with Gasteiger partial charge in [-0.15, -0.1) is 0 Å². The average molecular weight is 367 g/mol. The van der Waals surface area contributed by atoms with Crippen LogP contribution in [0, 0.1) is 6.92 Å². The highest BCUT2D eigenvalue weighted by Gasteiger charge is 2.20. The molecule has 27 heavy (non-hydrogen) atoms. The Hall–Kier alpha value is -2.86. The SMILES string of the molecule is Cc1ccc(OC/C=C/c2ccc(CN3CCN(C(=O)O)CC3)cc2)cn1. The van der Waals surface area contributed by atoms with Crippen molar-refractivity contribution in [2.75, 3.05) is 32.8 Å². The zero-order valence-corrected chi connectivity index (χ0v) is 15.5. The summed E-state index contributed by atoms with van der Waals surface area (Å²) in [5.74, 6) is 0.767. The van der Waals surface area contributed by atoms with E-state index in [0.717, 1.165) is 36.6 Å². The zero-order chi connectivity index (χ0) is 19.1. The van der Waals surface area contributed by atoms with E-state index in [1.54, 1.807) is 6.20 Å². The minimum absolute atomic E-state index is 0.500. The van der Waals surface area contributed by atoms with E-state index in [-0.39, 0.29) is 0 Å². The maximum absolute atomic E-state index is 10.9. The molecule has 0 saturated carbocycles. The quantitative estimate of drug-likeness (QED) is 0.849. The van der Waals surface area contributed by atoms with Gasteiger partial charge >= 0.3 is 6.09 Å². The van der Waals surface area contributed by atoms with E-state index in [1.165, 1.54) is 10.5 Å². The van der Waals surface area contributed by atoms with Crippen LogP contribution in [0.3, 0.4) is 0 Å². The van der Waals surface area contributed by atoms with Gasteiger partial charge in [0.25, 0.3) is 0 Å². The van der Waals surface area contributed by atoms with E-state index in [0.29, 0.717) is 19.7 Å². The molecule has 2 aromatic rings. The zero-order valence-electron chi connectivity index (χ0n) is 15.5. The molecule has 0 unspecified atom stereocenters. The molecule has 2 heterocycles. The van der Waals surface area contributed by atoms with Crippen molar-refractivity contribution in [1.29, 1.82) is 0 Å². The van der Waals surface area contributed by atoms with Crippen molar-refractivity contribution in [3.8, 4) is 5.75 Å². The Morgan fingerprint density at radius 3 is 2.52 bits per heavy atom. The maximum Gasteiger partial charge on any atom is 0.407 e. The molecule has 0 atom stereocenters. The normalized spacial score (nSPS) is 15.2. The van der Waals surface area contributed by atoms with Crippen molar-refractivity contribution in [3.63, 3.8) is 0 Å². The highest BCUT2D eigenvalue weighted by Crippen LogP contribution is 2.12. The number of rotatable bonds is 6. The lowest BCUT2D eigenvalue weighted by Gasteiger charge is -2.33. The van der Waals surface area contributed by atoms with Gasteiger partial charge in [-0.25, -0.2) is 4.79 Å². The molecule has 1 saturated heterocycles. The molecule has 3 rings (SSSR count). The molecular weight excluding hydrogens is 342 g/mol. The summed E-state index contributed by atoms with van der Waals surface area (Å²) >= 11 is 0. The van der Waals surface area contributed by atoms with Gasteiger partial charge in [-0.1, -0.05) is 30.3 Å². The van der Waals surface area contributed by atoms with Crippen LogP contribution in [0.5, 0.6) is 5.75 Å². The number of piperazine rings is 1. The first-order valence-electron chi connectivity index (χ1n) is 9.11. The van der Waals surface area contributed by atoms with Gasteiger partial charge in [-0.3, -0.25) is 9.88 Å². The summed E-state index contributed by atoms with van der Waals surface area (Å²) < 4.78 is 5.63. The number of ether oxygens (including phenoxy) is 1. The largest absolute Gasteiger partial charge is 0.488 e. The highest BCUT2D eigenvalue weighted by molar-refractivity contribution is 5.65. The van der Waals surface area contributed by atoms with E-state index >= 15 is 0 Å². The molecule has 6 nitrogen and oxygen atoms in total. The van der Waals surface area contributed by atoms with Crippen molar-refractivity contribution in [2.24, 2.45) is 0 Å². The lowest BCUT2D eigenvalue weighted by molar-refractivity contribution is 0.103. The molecule has 0 radical (unpaired) electrons. The van der Waals surface area contributed by atoms with Crippen LogP contribution in [-0.4, -0.2) is 58.8 Å². The van der Waals surface area contributed by atoms with E-state index < -0.39 is 6.09 Å². The molecule has 1 fully saturated rings. The van der Waals surface area contributed by atoms with Crippen molar-refractivity contribution in [3.05, 3.63) is 65.5 Å². The van der Waals surface area contributed by atoms with E-state index in [4.69, 9.17) is 9.84 Å². The number of pyridine rings is 1. The summed E-state index contributed by atoms with van der Waals surface area (Å²) in [7, 11) is 0. The number of aromatic nitrogens is 1. The van der Waals surface area contributed by atoms with E-state index in [2.05, 4.69) is 34.1 Å². The first-order valence-corrected chi connectivity index (χ1v) is 9.11. The smallest absolute Gasteiger partial charge is 0.407 e. The van der Waals surface area contributed by atoms with Crippen LogP contribution >= 0.6 is 0 Å². The number of aryl methyl sites for hydroxylation is 1. The summed E-state index contributed by atoms with van der Waals surface area (Å²) in [6.45, 7) is 6.00. The molecule has 142 valence electrons. The fourth-order valence-corrected chi connectivity index (χ4v) is 2.96. The average Bonchev–Trinajstić information content (AvgIpc) is 2.68.